The molecule has 1 aliphatic rings. The van der Waals surface area contributed by atoms with Crippen molar-refractivity contribution in [3.63, 3.8) is 0 Å². The first kappa shape index (κ1) is 22.0. The summed E-state index contributed by atoms with van der Waals surface area (Å²) in [5.41, 5.74) is 2.30. The van der Waals surface area contributed by atoms with Gasteiger partial charge >= 0.3 is 0 Å². The first-order valence-electron chi connectivity index (χ1n) is 9.70. The lowest BCUT2D eigenvalue weighted by molar-refractivity contribution is 0.0982. The molecular formula is C23H19ClF3N3O2. The molecule has 5 nitrogen and oxygen atoms in total. The molecule has 2 aromatic carbocycles. The van der Waals surface area contributed by atoms with Gasteiger partial charge in [0.25, 0.3) is 12.3 Å². The van der Waals surface area contributed by atoms with Crippen molar-refractivity contribution in [1.82, 2.24) is 4.98 Å². The Labute approximate surface area is 188 Å². The summed E-state index contributed by atoms with van der Waals surface area (Å²) in [7, 11) is 1.49. The van der Waals surface area contributed by atoms with Gasteiger partial charge in [0.05, 0.1) is 34.8 Å². The number of anilines is 3. The summed E-state index contributed by atoms with van der Waals surface area (Å²) in [6.07, 6.45) is -2.81. The fourth-order valence-corrected chi connectivity index (χ4v) is 4.06. The van der Waals surface area contributed by atoms with Gasteiger partial charge in [0.15, 0.2) is 0 Å². The van der Waals surface area contributed by atoms with Gasteiger partial charge in [0, 0.05) is 17.3 Å². The highest BCUT2D eigenvalue weighted by molar-refractivity contribution is 6.32. The lowest BCUT2D eigenvalue weighted by atomic mass is 10.0. The Morgan fingerprint density at radius 1 is 1.03 bits per heavy atom. The number of rotatable bonds is 4. The van der Waals surface area contributed by atoms with Crippen molar-refractivity contribution in [3.05, 3.63) is 75.7 Å². The van der Waals surface area contributed by atoms with E-state index in [0.717, 1.165) is 0 Å². The fourth-order valence-electron chi connectivity index (χ4n) is 3.81. The molecular weight excluding hydrogens is 443 g/mol. The van der Waals surface area contributed by atoms with E-state index in [1.165, 1.54) is 36.3 Å². The summed E-state index contributed by atoms with van der Waals surface area (Å²) in [5.74, 6) is -0.434. The van der Waals surface area contributed by atoms with Crippen LogP contribution in [0.15, 0.2) is 42.5 Å². The average molecular weight is 462 g/mol. The molecule has 0 spiro atoms. The summed E-state index contributed by atoms with van der Waals surface area (Å²) >= 11 is 6.08. The molecule has 0 aliphatic carbocycles. The van der Waals surface area contributed by atoms with E-state index in [9.17, 15) is 18.0 Å². The maximum atomic E-state index is 13.7. The van der Waals surface area contributed by atoms with Gasteiger partial charge < -0.3 is 9.64 Å². The number of hydrogen-bond acceptors (Lipinski definition) is 4. The van der Waals surface area contributed by atoms with E-state index in [4.69, 9.17) is 16.3 Å². The number of carbonyl (C=O) groups is 1. The predicted octanol–water partition coefficient (Wildman–Crippen LogP) is 6.19. The minimum Gasteiger partial charge on any atom is -0.481 e. The highest BCUT2D eigenvalue weighted by atomic mass is 35.5. The van der Waals surface area contributed by atoms with E-state index in [1.54, 1.807) is 36.9 Å². The van der Waals surface area contributed by atoms with Gasteiger partial charge in [0.1, 0.15) is 12.5 Å². The van der Waals surface area contributed by atoms with Gasteiger partial charge in [-0.25, -0.2) is 18.2 Å². The number of nitrogens with zero attached hydrogens (tertiary/aromatic N) is 3. The zero-order chi connectivity index (χ0) is 23.2. The number of fused-ring (bicyclic) bond motifs is 1. The van der Waals surface area contributed by atoms with Crippen LogP contribution in [0.1, 0.15) is 33.6 Å². The van der Waals surface area contributed by atoms with Crippen LogP contribution < -0.4 is 14.5 Å². The predicted molar refractivity (Wildman–Crippen MR) is 117 cm³/mol. The molecule has 0 saturated carbocycles. The van der Waals surface area contributed by atoms with Gasteiger partial charge in [-0.3, -0.25) is 9.69 Å². The Morgan fingerprint density at radius 2 is 1.75 bits per heavy atom. The van der Waals surface area contributed by atoms with E-state index in [0.29, 0.717) is 28.5 Å². The second-order valence-corrected chi connectivity index (χ2v) is 7.79. The van der Waals surface area contributed by atoms with Crippen LogP contribution in [0, 0.1) is 19.7 Å². The van der Waals surface area contributed by atoms with Crippen molar-refractivity contribution < 1.29 is 22.7 Å². The molecule has 0 unspecified atom stereocenters. The third-order valence-corrected chi connectivity index (χ3v) is 5.71. The van der Waals surface area contributed by atoms with E-state index < -0.39 is 18.1 Å². The molecule has 1 amide bonds. The molecule has 166 valence electrons. The number of halogens is 4. The van der Waals surface area contributed by atoms with Crippen molar-refractivity contribution in [1.29, 1.82) is 0 Å². The van der Waals surface area contributed by atoms with Crippen LogP contribution in [-0.4, -0.2) is 24.7 Å². The molecule has 0 radical (unpaired) electrons. The quantitative estimate of drug-likeness (QED) is 0.464. The summed E-state index contributed by atoms with van der Waals surface area (Å²) in [5, 5.41) is -0.200. The molecule has 2 heterocycles. The Morgan fingerprint density at radius 3 is 2.38 bits per heavy atom. The normalized spacial score (nSPS) is 13.6. The molecule has 9 heteroatoms. The standard InChI is InChI=1S/C23H19ClF3N3O2/c1-12-8-14(25)4-5-18(12)29-11-30(19-6-7-21(32-3)28-13(19)2)23(31)16-9-17(24)15(22(26)27)10-20(16)29/h4-10,22H,11H2,1-3H3. The zero-order valence-corrected chi connectivity index (χ0v) is 18.3. The molecule has 1 aliphatic heterocycles. The van der Waals surface area contributed by atoms with Crippen molar-refractivity contribution in [3.8, 4) is 5.88 Å². The van der Waals surface area contributed by atoms with Gasteiger partial charge in [-0.05, 0) is 55.8 Å². The third-order valence-electron chi connectivity index (χ3n) is 5.38. The number of methoxy groups -OCH3 is 1. The van der Waals surface area contributed by atoms with Crippen LogP contribution >= 0.6 is 11.6 Å². The minimum absolute atomic E-state index is 0.0114. The first-order valence-corrected chi connectivity index (χ1v) is 10.1. The van der Waals surface area contributed by atoms with E-state index in [1.807, 2.05) is 0 Å². The highest BCUT2D eigenvalue weighted by Gasteiger charge is 2.34. The summed E-state index contributed by atoms with van der Waals surface area (Å²) in [4.78, 5) is 20.9. The Hall–Kier alpha value is -3.26. The number of pyridine rings is 1. The van der Waals surface area contributed by atoms with Gasteiger partial charge in [-0.2, -0.15) is 0 Å². The van der Waals surface area contributed by atoms with Crippen molar-refractivity contribution in [2.24, 2.45) is 0 Å². The summed E-state index contributed by atoms with van der Waals surface area (Å²) in [6.45, 7) is 3.46. The van der Waals surface area contributed by atoms with Crippen molar-refractivity contribution in [2.75, 3.05) is 23.6 Å². The largest absolute Gasteiger partial charge is 0.481 e. The first-order chi connectivity index (χ1) is 15.2. The molecule has 0 bridgehead atoms. The van der Waals surface area contributed by atoms with Gasteiger partial charge in [0.2, 0.25) is 5.88 Å². The molecule has 3 aromatic rings. The van der Waals surface area contributed by atoms with Crippen LogP contribution in [0.4, 0.5) is 30.2 Å². The smallest absolute Gasteiger partial charge is 0.265 e. The lowest BCUT2D eigenvalue weighted by Crippen LogP contribution is -2.45. The topological polar surface area (TPSA) is 45.7 Å². The monoisotopic (exact) mass is 461 g/mol. The number of aryl methyl sites for hydroxylation is 2. The second kappa shape index (κ2) is 8.35. The van der Waals surface area contributed by atoms with Gasteiger partial charge in [-0.15, -0.1) is 0 Å². The Kier molecular flexibility index (Phi) is 5.73. The van der Waals surface area contributed by atoms with E-state index in [2.05, 4.69) is 4.98 Å². The summed E-state index contributed by atoms with van der Waals surface area (Å²) in [6, 6.07) is 10.00. The van der Waals surface area contributed by atoms with Crippen LogP contribution in [0.25, 0.3) is 0 Å². The number of alkyl halides is 2. The number of carbonyl (C=O) groups excluding carboxylic acids is 1. The van der Waals surface area contributed by atoms with Gasteiger partial charge in [-0.1, -0.05) is 11.6 Å². The van der Waals surface area contributed by atoms with Crippen molar-refractivity contribution >= 4 is 34.6 Å². The number of aromatic nitrogens is 1. The maximum absolute atomic E-state index is 13.7. The fraction of sp³-hybridized carbons (Fsp3) is 0.217. The van der Waals surface area contributed by atoms with E-state index in [-0.39, 0.29) is 28.5 Å². The van der Waals surface area contributed by atoms with Crippen LogP contribution in [0.2, 0.25) is 5.02 Å². The SMILES string of the molecule is COc1ccc(N2CN(c3ccc(F)cc3C)c3cc(C(F)F)c(Cl)cc3C2=O)c(C)n1. The van der Waals surface area contributed by atoms with Crippen LogP contribution in [0.5, 0.6) is 5.88 Å². The highest BCUT2D eigenvalue weighted by Crippen LogP contribution is 2.42. The minimum atomic E-state index is -2.81. The molecule has 0 fully saturated rings. The molecule has 4 rings (SSSR count). The number of ether oxygens (including phenoxy) is 1. The third kappa shape index (κ3) is 3.75. The molecule has 32 heavy (non-hydrogen) atoms. The number of benzene rings is 2. The zero-order valence-electron chi connectivity index (χ0n) is 17.5. The van der Waals surface area contributed by atoms with Crippen LogP contribution in [-0.2, 0) is 0 Å². The average Bonchev–Trinajstić information content (AvgIpc) is 2.74. The lowest BCUT2D eigenvalue weighted by Gasteiger charge is -2.39. The molecule has 0 atom stereocenters. The Balaban J connectivity index is 1.92. The number of hydrogen-bond donors (Lipinski definition) is 0. The summed E-state index contributed by atoms with van der Waals surface area (Å²) < 4.78 is 46.0. The van der Waals surface area contributed by atoms with E-state index >= 15 is 0 Å². The second-order valence-electron chi connectivity index (χ2n) is 7.38. The molecule has 1 aromatic heterocycles. The van der Waals surface area contributed by atoms with Crippen molar-refractivity contribution in [2.45, 2.75) is 20.3 Å². The Bertz CT molecular complexity index is 1220. The maximum Gasteiger partial charge on any atom is 0.265 e. The number of amides is 1. The molecule has 0 N–H and O–H groups in total. The van der Waals surface area contributed by atoms with Crippen LogP contribution in [0.3, 0.4) is 0 Å². The molecule has 0 saturated heterocycles.